The molecule has 0 saturated carbocycles. The molecule has 2 rings (SSSR count). The number of thioether (sulfide) groups is 1. The first kappa shape index (κ1) is 25.4. The van der Waals surface area contributed by atoms with E-state index in [2.05, 4.69) is 12.2 Å². The van der Waals surface area contributed by atoms with Crippen molar-refractivity contribution in [3.8, 4) is 0 Å². The molecule has 2 aromatic carbocycles. The molecule has 0 bridgehead atoms. The maximum atomic E-state index is 13.1. The number of nitro groups is 1. The van der Waals surface area contributed by atoms with Crippen LogP contribution in [0.25, 0.3) is 0 Å². The van der Waals surface area contributed by atoms with Gasteiger partial charge in [0.25, 0.3) is 5.69 Å². The van der Waals surface area contributed by atoms with Gasteiger partial charge >= 0.3 is 0 Å². The van der Waals surface area contributed by atoms with Crippen molar-refractivity contribution >= 4 is 29.3 Å². The molecule has 0 heterocycles. The lowest BCUT2D eigenvalue weighted by Crippen LogP contribution is -2.48. The lowest BCUT2D eigenvalue weighted by atomic mass is 10.1. The fraction of sp³-hybridized carbons (Fsp3) is 0.417. The van der Waals surface area contributed by atoms with Crippen LogP contribution in [0.5, 0.6) is 0 Å². The maximum absolute atomic E-state index is 13.1. The molecular weight excluding hydrogens is 426 g/mol. The first-order valence-corrected chi connectivity index (χ1v) is 11.9. The second kappa shape index (κ2) is 12.9. The molecule has 0 saturated heterocycles. The number of rotatable bonds is 12. The minimum absolute atomic E-state index is 0.0435. The van der Waals surface area contributed by atoms with Crippen LogP contribution in [-0.4, -0.2) is 40.0 Å². The Bertz CT molecular complexity index is 900. The summed E-state index contributed by atoms with van der Waals surface area (Å²) in [5, 5.41) is 13.7. The van der Waals surface area contributed by atoms with E-state index in [0.29, 0.717) is 18.8 Å². The van der Waals surface area contributed by atoms with Gasteiger partial charge < -0.3 is 10.2 Å². The molecule has 0 radical (unpaired) electrons. The van der Waals surface area contributed by atoms with Crippen molar-refractivity contribution in [1.82, 2.24) is 10.2 Å². The Kier molecular flexibility index (Phi) is 10.2. The Morgan fingerprint density at radius 1 is 1.09 bits per heavy atom. The van der Waals surface area contributed by atoms with Gasteiger partial charge in [-0.1, -0.05) is 55.3 Å². The molecular formula is C24H31N3O4S. The first-order chi connectivity index (χ1) is 15.3. The highest BCUT2D eigenvalue weighted by molar-refractivity contribution is 7.99. The van der Waals surface area contributed by atoms with Gasteiger partial charge in [-0.05, 0) is 31.4 Å². The van der Waals surface area contributed by atoms with E-state index in [1.165, 1.54) is 23.9 Å². The topological polar surface area (TPSA) is 92.6 Å². The lowest BCUT2D eigenvalue weighted by Gasteiger charge is -2.29. The maximum Gasteiger partial charge on any atom is 0.269 e. The number of non-ortho nitro benzene ring substituents is 1. The van der Waals surface area contributed by atoms with Crippen LogP contribution in [0, 0.1) is 17.0 Å². The Morgan fingerprint density at radius 3 is 2.31 bits per heavy atom. The fourth-order valence-electron chi connectivity index (χ4n) is 3.06. The molecule has 0 aliphatic carbocycles. The summed E-state index contributed by atoms with van der Waals surface area (Å²) < 4.78 is 0. The van der Waals surface area contributed by atoms with Crippen molar-refractivity contribution in [2.75, 3.05) is 12.3 Å². The van der Waals surface area contributed by atoms with Crippen LogP contribution in [0.1, 0.15) is 43.4 Å². The quantitative estimate of drug-likeness (QED) is 0.288. The predicted octanol–water partition coefficient (Wildman–Crippen LogP) is 4.47. The second-order valence-corrected chi connectivity index (χ2v) is 8.73. The summed E-state index contributed by atoms with van der Waals surface area (Å²) in [6, 6.07) is 13.7. The van der Waals surface area contributed by atoms with Crippen LogP contribution in [0.4, 0.5) is 5.69 Å². The summed E-state index contributed by atoms with van der Waals surface area (Å²) in [7, 11) is 0. The van der Waals surface area contributed by atoms with Gasteiger partial charge in [-0.15, -0.1) is 11.8 Å². The van der Waals surface area contributed by atoms with E-state index < -0.39 is 11.0 Å². The molecule has 0 aromatic heterocycles. The minimum atomic E-state index is -0.583. The average Bonchev–Trinajstić information content (AvgIpc) is 2.78. The highest BCUT2D eigenvalue weighted by Crippen LogP contribution is 2.18. The van der Waals surface area contributed by atoms with Gasteiger partial charge in [0.1, 0.15) is 6.04 Å². The highest BCUT2D eigenvalue weighted by Gasteiger charge is 2.25. The van der Waals surface area contributed by atoms with E-state index in [-0.39, 0.29) is 23.3 Å². The number of carbonyl (C=O) groups is 2. The monoisotopic (exact) mass is 457 g/mol. The molecule has 7 nitrogen and oxygen atoms in total. The van der Waals surface area contributed by atoms with E-state index >= 15 is 0 Å². The van der Waals surface area contributed by atoms with Crippen molar-refractivity contribution in [3.63, 3.8) is 0 Å². The lowest BCUT2D eigenvalue weighted by molar-refractivity contribution is -0.384. The van der Waals surface area contributed by atoms with E-state index in [0.717, 1.165) is 29.5 Å². The van der Waals surface area contributed by atoms with Crippen molar-refractivity contribution in [2.45, 2.75) is 52.0 Å². The van der Waals surface area contributed by atoms with E-state index in [9.17, 15) is 19.7 Å². The SMILES string of the molecule is CCCCNC(=O)[C@H](C)N(Cc1ccc(C)cc1)C(=O)CSCc1ccc([N+](=O)[O-])cc1. The molecule has 0 aliphatic heterocycles. The zero-order valence-electron chi connectivity index (χ0n) is 18.9. The van der Waals surface area contributed by atoms with Crippen molar-refractivity contribution in [1.29, 1.82) is 0 Å². The molecule has 8 heteroatoms. The number of benzene rings is 2. The van der Waals surface area contributed by atoms with Gasteiger partial charge in [0.15, 0.2) is 0 Å². The van der Waals surface area contributed by atoms with Gasteiger partial charge in [0.05, 0.1) is 10.7 Å². The van der Waals surface area contributed by atoms with Crippen molar-refractivity contribution < 1.29 is 14.5 Å². The summed E-state index contributed by atoms with van der Waals surface area (Å²) in [4.78, 5) is 37.6. The van der Waals surface area contributed by atoms with Crippen LogP contribution in [-0.2, 0) is 21.9 Å². The van der Waals surface area contributed by atoms with Crippen LogP contribution in [0.3, 0.4) is 0 Å². The number of hydrogen-bond acceptors (Lipinski definition) is 5. The number of amides is 2. The van der Waals surface area contributed by atoms with Gasteiger partial charge in [0, 0.05) is 31.0 Å². The Balaban J connectivity index is 2.02. The molecule has 2 aromatic rings. The zero-order valence-corrected chi connectivity index (χ0v) is 19.7. The fourth-order valence-corrected chi connectivity index (χ4v) is 3.93. The number of hydrogen-bond donors (Lipinski definition) is 1. The van der Waals surface area contributed by atoms with E-state index in [1.807, 2.05) is 31.2 Å². The second-order valence-electron chi connectivity index (χ2n) is 7.74. The first-order valence-electron chi connectivity index (χ1n) is 10.8. The van der Waals surface area contributed by atoms with E-state index in [1.54, 1.807) is 24.0 Å². The summed E-state index contributed by atoms with van der Waals surface area (Å²) in [6.07, 6.45) is 1.88. The van der Waals surface area contributed by atoms with Crippen LogP contribution < -0.4 is 5.32 Å². The summed E-state index contributed by atoms with van der Waals surface area (Å²) >= 11 is 1.43. The number of nitrogens with zero attached hydrogens (tertiary/aromatic N) is 2. The Hall–Kier alpha value is -2.87. The molecule has 0 fully saturated rings. The third-order valence-corrected chi connectivity index (χ3v) is 6.10. The third-order valence-electron chi connectivity index (χ3n) is 5.11. The number of nitrogens with one attached hydrogen (secondary N) is 1. The largest absolute Gasteiger partial charge is 0.354 e. The van der Waals surface area contributed by atoms with Gasteiger partial charge in [-0.25, -0.2) is 0 Å². The summed E-state index contributed by atoms with van der Waals surface area (Å²) in [6.45, 7) is 6.78. The standard InChI is InChI=1S/C24H31N3O4S/c1-4-5-14-25-24(29)19(3)26(15-20-8-6-18(2)7-9-20)23(28)17-32-16-21-10-12-22(13-11-21)27(30)31/h6-13,19H,4-5,14-17H2,1-3H3,(H,25,29)/t19-/m0/s1. The Labute approximate surface area is 193 Å². The molecule has 1 atom stereocenters. The zero-order chi connectivity index (χ0) is 23.5. The predicted molar refractivity (Wildman–Crippen MR) is 128 cm³/mol. The normalized spacial score (nSPS) is 11.6. The summed E-state index contributed by atoms with van der Waals surface area (Å²) in [5.41, 5.74) is 3.05. The number of aryl methyl sites for hydroxylation is 1. The van der Waals surface area contributed by atoms with Crippen molar-refractivity contribution in [3.05, 3.63) is 75.3 Å². The van der Waals surface area contributed by atoms with Crippen LogP contribution in [0.15, 0.2) is 48.5 Å². The molecule has 2 amide bonds. The molecule has 1 N–H and O–H groups in total. The van der Waals surface area contributed by atoms with Gasteiger partial charge in [0.2, 0.25) is 11.8 Å². The minimum Gasteiger partial charge on any atom is -0.354 e. The van der Waals surface area contributed by atoms with Crippen LogP contribution in [0.2, 0.25) is 0 Å². The van der Waals surface area contributed by atoms with Gasteiger partial charge in [-0.2, -0.15) is 0 Å². The van der Waals surface area contributed by atoms with Crippen molar-refractivity contribution in [2.24, 2.45) is 0 Å². The molecule has 0 aliphatic rings. The Morgan fingerprint density at radius 2 is 1.72 bits per heavy atom. The number of nitro benzene ring substituents is 1. The smallest absolute Gasteiger partial charge is 0.269 e. The molecule has 0 spiro atoms. The molecule has 0 unspecified atom stereocenters. The number of unbranched alkanes of at least 4 members (excludes halogenated alkanes) is 1. The van der Waals surface area contributed by atoms with Gasteiger partial charge in [-0.3, -0.25) is 19.7 Å². The average molecular weight is 458 g/mol. The third kappa shape index (κ3) is 8.00. The number of carbonyl (C=O) groups excluding carboxylic acids is 2. The highest BCUT2D eigenvalue weighted by atomic mass is 32.2. The molecule has 32 heavy (non-hydrogen) atoms. The van der Waals surface area contributed by atoms with Crippen LogP contribution >= 0.6 is 11.8 Å². The molecule has 172 valence electrons. The summed E-state index contributed by atoms with van der Waals surface area (Å²) in [5.74, 6) is 0.504. The van der Waals surface area contributed by atoms with E-state index in [4.69, 9.17) is 0 Å².